The summed E-state index contributed by atoms with van der Waals surface area (Å²) in [5.41, 5.74) is 8.37. The Morgan fingerprint density at radius 1 is 0.934 bits per heavy atom. The van der Waals surface area contributed by atoms with E-state index in [1.54, 1.807) is 19.1 Å². The molecule has 324 valence electrons. The molecule has 2 aliphatic heterocycles. The van der Waals surface area contributed by atoms with Gasteiger partial charge in [0.2, 0.25) is 11.6 Å². The van der Waals surface area contributed by atoms with E-state index < -0.39 is 31.1 Å². The van der Waals surface area contributed by atoms with Gasteiger partial charge >= 0.3 is 0 Å². The maximum absolute atomic E-state index is 12.2. The van der Waals surface area contributed by atoms with E-state index in [1.165, 1.54) is 6.07 Å². The summed E-state index contributed by atoms with van der Waals surface area (Å²) in [5.74, 6) is 0.880. The number of hydrogen-bond donors (Lipinski definition) is 3. The van der Waals surface area contributed by atoms with Crippen LogP contribution in [0.25, 0.3) is 0 Å². The van der Waals surface area contributed by atoms with Gasteiger partial charge in [0.05, 0.1) is 16.1 Å². The van der Waals surface area contributed by atoms with Crippen molar-refractivity contribution in [3.8, 4) is 5.75 Å². The molecule has 6 rings (SSSR count). The molecule has 3 aromatic carbocycles. The van der Waals surface area contributed by atoms with E-state index in [1.807, 2.05) is 42.5 Å². The van der Waals surface area contributed by atoms with Crippen molar-refractivity contribution in [1.82, 2.24) is 5.32 Å². The minimum Gasteiger partial charge on any atom is -0.457 e. The summed E-state index contributed by atoms with van der Waals surface area (Å²) in [5, 5.41) is 2.88. The number of carbonyl (C=O) groups is 1. The number of nitrogens with zero attached hydrogens (tertiary/aromatic N) is 2. The number of ether oxygens (including phenoxy) is 1. The van der Waals surface area contributed by atoms with Gasteiger partial charge < -0.3 is 15.0 Å². The fourth-order valence-electron chi connectivity index (χ4n) is 8.59. The lowest BCUT2D eigenvalue weighted by Gasteiger charge is -2.27. The smallest absolute Gasteiger partial charge is 0.294 e. The molecule has 0 aromatic heterocycles. The number of benzene rings is 3. The second-order valence-electron chi connectivity index (χ2n) is 17.1. The molecule has 0 bridgehead atoms. The van der Waals surface area contributed by atoms with E-state index in [2.05, 4.69) is 86.4 Å². The van der Waals surface area contributed by atoms with E-state index in [-0.39, 0.29) is 23.0 Å². The van der Waals surface area contributed by atoms with Gasteiger partial charge in [0.1, 0.15) is 18.1 Å². The fourth-order valence-corrected chi connectivity index (χ4v) is 9.59. The van der Waals surface area contributed by atoms with Crippen LogP contribution in [0.2, 0.25) is 0 Å². The van der Waals surface area contributed by atoms with Crippen LogP contribution in [0, 0.1) is 0 Å². The number of amides is 1. The molecule has 1 amide bonds. The first-order valence-electron chi connectivity index (χ1n) is 20.8. The van der Waals surface area contributed by atoms with Crippen LogP contribution in [0.1, 0.15) is 90.3 Å². The van der Waals surface area contributed by atoms with Crippen molar-refractivity contribution in [3.05, 3.63) is 142 Å². The second-order valence-corrected chi connectivity index (χ2v) is 20.1. The SMILES string of the molecule is C=C(C)C(=O)NCCc1ccc(OC2=C(/C=C/C3=[N+](CCCS(=O)(=O)O)c4ccccc4C3(C)C)CCC/C2=C\C=C2\N(CCC)c3ccc(S(=O)(=O)O)cc3C2(C)C)cc1. The van der Waals surface area contributed by atoms with Crippen LogP contribution in [0.4, 0.5) is 11.4 Å². The van der Waals surface area contributed by atoms with Gasteiger partial charge in [0.25, 0.3) is 20.2 Å². The molecule has 0 unspecified atom stereocenters. The first-order valence-corrected chi connectivity index (χ1v) is 23.9. The molecular weight excluding hydrogens is 811 g/mol. The molecule has 0 radical (unpaired) electrons. The molecule has 3 N–H and O–H groups in total. The Kier molecular flexibility index (Phi) is 13.5. The molecule has 0 saturated carbocycles. The number of para-hydroxylation sites is 1. The van der Waals surface area contributed by atoms with E-state index >= 15 is 0 Å². The van der Waals surface area contributed by atoms with Crippen molar-refractivity contribution in [1.29, 1.82) is 0 Å². The lowest BCUT2D eigenvalue weighted by molar-refractivity contribution is -0.437. The van der Waals surface area contributed by atoms with Crippen molar-refractivity contribution in [2.75, 3.05) is 30.3 Å². The number of rotatable bonds is 16. The summed E-state index contributed by atoms with van der Waals surface area (Å²) >= 11 is 0. The van der Waals surface area contributed by atoms with Crippen LogP contribution >= 0.6 is 0 Å². The zero-order valence-electron chi connectivity index (χ0n) is 36.0. The Morgan fingerprint density at radius 2 is 1.66 bits per heavy atom. The highest BCUT2D eigenvalue weighted by atomic mass is 32.2. The molecule has 11 nitrogen and oxygen atoms in total. The van der Waals surface area contributed by atoms with Crippen LogP contribution in [0.15, 0.2) is 131 Å². The maximum atomic E-state index is 12.2. The average Bonchev–Trinajstić information content (AvgIpc) is 3.54. The monoisotopic (exact) mass is 868 g/mol. The maximum Gasteiger partial charge on any atom is 0.294 e. The Hall–Kier alpha value is -5.08. The predicted octanol–water partition coefficient (Wildman–Crippen LogP) is 8.91. The highest BCUT2D eigenvalue weighted by Gasteiger charge is 2.44. The zero-order valence-corrected chi connectivity index (χ0v) is 37.6. The first-order chi connectivity index (χ1) is 28.7. The summed E-state index contributed by atoms with van der Waals surface area (Å²) < 4.78 is 76.1. The molecule has 13 heteroatoms. The van der Waals surface area contributed by atoms with Crippen LogP contribution in [0.5, 0.6) is 5.75 Å². The highest BCUT2D eigenvalue weighted by molar-refractivity contribution is 7.86. The third-order valence-corrected chi connectivity index (χ3v) is 13.4. The largest absolute Gasteiger partial charge is 0.457 e. The average molecular weight is 869 g/mol. The topological polar surface area (TPSA) is 153 Å². The standard InChI is InChI=1S/C48H57N3O8S2/c1-8-29-50-42-24-23-38(61(56,57)58)32-40(42)48(6,7)44(50)26-20-36-14-11-13-35(45(36)59-37-21-17-34(18-22-37)27-28-49-46(52)33(2)3)19-25-43-47(4,5)39-15-9-10-16-41(39)51(43)30-12-31-60(53,54)55/h9-10,15-26,32H,2,8,11-14,27-31H2,1,3-7H3,(H2-,49,52,53,54,55,56,57,58)/p+1. The molecule has 0 atom stereocenters. The van der Waals surface area contributed by atoms with E-state index in [0.717, 1.165) is 82.1 Å². The third-order valence-electron chi connectivity index (χ3n) is 11.8. The Bertz CT molecular complexity index is 2600. The number of nitrogens with one attached hydrogen (secondary N) is 1. The van der Waals surface area contributed by atoms with Gasteiger partial charge in [-0.1, -0.05) is 63.8 Å². The molecule has 1 aliphatic carbocycles. The Balaban J connectivity index is 1.42. The molecule has 2 heterocycles. The Morgan fingerprint density at radius 3 is 2.33 bits per heavy atom. The fraction of sp³-hybridized carbons (Fsp3) is 0.375. The molecule has 3 aromatic rings. The van der Waals surface area contributed by atoms with Crippen molar-refractivity contribution in [2.45, 2.75) is 95.8 Å². The van der Waals surface area contributed by atoms with Gasteiger partial charge in [-0.15, -0.1) is 0 Å². The number of anilines is 1. The third kappa shape index (κ3) is 10.2. The highest BCUT2D eigenvalue weighted by Crippen LogP contribution is 2.49. The zero-order chi connectivity index (χ0) is 44.3. The van der Waals surface area contributed by atoms with Crippen molar-refractivity contribution >= 4 is 43.2 Å². The summed E-state index contributed by atoms with van der Waals surface area (Å²) in [7, 11) is -8.52. The van der Waals surface area contributed by atoms with Gasteiger partial charge in [-0.25, -0.2) is 0 Å². The molecule has 0 saturated heterocycles. The van der Waals surface area contributed by atoms with Gasteiger partial charge in [-0.3, -0.25) is 13.9 Å². The van der Waals surface area contributed by atoms with Gasteiger partial charge in [-0.05, 0) is 118 Å². The lowest BCUT2D eigenvalue weighted by Crippen LogP contribution is -2.28. The quantitative estimate of drug-likeness (QED) is 0.0728. The predicted molar refractivity (Wildman–Crippen MR) is 242 cm³/mol. The summed E-state index contributed by atoms with van der Waals surface area (Å²) in [6, 6.07) is 20.8. The molecule has 61 heavy (non-hydrogen) atoms. The minimum absolute atomic E-state index is 0.135. The molecular formula is C48H58N3O8S2+. The molecule has 0 fully saturated rings. The Labute approximate surface area is 361 Å². The van der Waals surface area contributed by atoms with Gasteiger partial charge in [-0.2, -0.15) is 21.4 Å². The first kappa shape index (κ1) is 45.4. The van der Waals surface area contributed by atoms with E-state index in [4.69, 9.17) is 4.74 Å². The van der Waals surface area contributed by atoms with E-state index in [0.29, 0.717) is 37.4 Å². The molecule has 3 aliphatic rings. The number of carbonyl (C=O) groups excluding carboxylic acids is 1. The summed E-state index contributed by atoms with van der Waals surface area (Å²) in [6.07, 6.45) is 12.6. The van der Waals surface area contributed by atoms with Crippen LogP contribution < -0.4 is 15.0 Å². The van der Waals surface area contributed by atoms with Crippen molar-refractivity contribution in [2.24, 2.45) is 0 Å². The summed E-state index contributed by atoms with van der Waals surface area (Å²) in [6.45, 7) is 17.5. The summed E-state index contributed by atoms with van der Waals surface area (Å²) in [4.78, 5) is 14.1. The number of allylic oxidation sites excluding steroid dienone is 7. The number of hydrogen-bond acceptors (Lipinski definition) is 7. The second kappa shape index (κ2) is 18.1. The van der Waals surface area contributed by atoms with Crippen molar-refractivity contribution < 1.29 is 40.0 Å². The van der Waals surface area contributed by atoms with Crippen molar-refractivity contribution in [3.63, 3.8) is 0 Å². The minimum atomic E-state index is -4.40. The van der Waals surface area contributed by atoms with Crippen LogP contribution in [0.3, 0.4) is 0 Å². The molecule has 0 spiro atoms. The van der Waals surface area contributed by atoms with E-state index in [9.17, 15) is 30.7 Å². The number of fused-ring (bicyclic) bond motifs is 2. The van der Waals surface area contributed by atoms with Gasteiger partial charge in [0, 0.05) is 59.6 Å². The van der Waals surface area contributed by atoms with Crippen LogP contribution in [-0.4, -0.2) is 67.5 Å². The normalized spacial score (nSPS) is 18.6. The lowest BCUT2D eigenvalue weighted by atomic mass is 9.81. The van der Waals surface area contributed by atoms with Gasteiger partial charge in [0.15, 0.2) is 5.71 Å². The van der Waals surface area contributed by atoms with Crippen LogP contribution in [-0.2, 0) is 42.3 Å².